The van der Waals surface area contributed by atoms with Crippen molar-refractivity contribution in [2.75, 3.05) is 0 Å². The van der Waals surface area contributed by atoms with E-state index in [0.717, 1.165) is 0 Å². The van der Waals surface area contributed by atoms with E-state index < -0.39 is 0 Å². The summed E-state index contributed by atoms with van der Waals surface area (Å²) in [5.41, 5.74) is 0.888. The molecule has 1 N–H and O–H groups in total. The van der Waals surface area contributed by atoms with Crippen LogP contribution in [0.1, 0.15) is 5.56 Å². The summed E-state index contributed by atoms with van der Waals surface area (Å²) < 4.78 is 12.9. The van der Waals surface area contributed by atoms with Crippen molar-refractivity contribution in [3.05, 3.63) is 42.0 Å². The van der Waals surface area contributed by atoms with Gasteiger partial charge in [0.05, 0.1) is 11.6 Å². The van der Waals surface area contributed by atoms with E-state index in [-0.39, 0.29) is 5.82 Å². The molecule has 1 heterocycles. The second-order valence-corrected chi connectivity index (χ2v) is 2.74. The van der Waals surface area contributed by atoms with E-state index in [4.69, 9.17) is 5.26 Å². The van der Waals surface area contributed by atoms with Crippen LogP contribution in [-0.4, -0.2) is 9.97 Å². The van der Waals surface area contributed by atoms with Crippen molar-refractivity contribution in [3.8, 4) is 17.5 Å². The Kier molecular flexibility index (Phi) is 1.99. The summed E-state index contributed by atoms with van der Waals surface area (Å²) in [6, 6.07) is 5.97. The Morgan fingerprint density at radius 1 is 1.43 bits per heavy atom. The van der Waals surface area contributed by atoms with Gasteiger partial charge in [0.1, 0.15) is 11.6 Å². The molecule has 0 unspecified atom stereocenters. The molecular weight excluding hydrogens is 181 g/mol. The summed E-state index contributed by atoms with van der Waals surface area (Å²) >= 11 is 0. The minimum absolute atomic E-state index is 0.379. The second kappa shape index (κ2) is 3.30. The normalized spacial score (nSPS) is 9.71. The number of imidazole rings is 1. The highest BCUT2D eigenvalue weighted by Gasteiger charge is 2.07. The summed E-state index contributed by atoms with van der Waals surface area (Å²) in [7, 11) is 0. The minimum atomic E-state index is -0.379. The minimum Gasteiger partial charge on any atom is -0.345 e. The molecule has 0 spiro atoms. The number of hydrogen-bond acceptors (Lipinski definition) is 2. The standard InChI is InChI=1S/C10H6FN3/c11-8-2-1-7(6-12)9(5-8)10-13-3-4-14-10/h1-5H,(H,13,14). The van der Waals surface area contributed by atoms with Gasteiger partial charge in [-0.15, -0.1) is 0 Å². The molecule has 3 nitrogen and oxygen atoms in total. The zero-order valence-corrected chi connectivity index (χ0v) is 7.16. The first-order valence-electron chi connectivity index (χ1n) is 4.00. The molecule has 0 saturated heterocycles. The first kappa shape index (κ1) is 8.45. The summed E-state index contributed by atoms with van der Waals surface area (Å²) in [5, 5.41) is 8.79. The van der Waals surface area contributed by atoms with Crippen LogP contribution in [0.25, 0.3) is 11.4 Å². The van der Waals surface area contributed by atoms with Gasteiger partial charge in [0, 0.05) is 18.0 Å². The second-order valence-electron chi connectivity index (χ2n) is 2.74. The molecule has 1 aromatic heterocycles. The third-order valence-corrected chi connectivity index (χ3v) is 1.86. The third-order valence-electron chi connectivity index (χ3n) is 1.86. The maximum absolute atomic E-state index is 12.9. The lowest BCUT2D eigenvalue weighted by molar-refractivity contribution is 0.628. The Labute approximate surface area is 79.8 Å². The first-order chi connectivity index (χ1) is 6.81. The molecule has 0 amide bonds. The molecule has 4 heteroatoms. The highest BCUT2D eigenvalue weighted by Crippen LogP contribution is 2.20. The van der Waals surface area contributed by atoms with E-state index in [9.17, 15) is 4.39 Å². The molecule has 2 rings (SSSR count). The van der Waals surface area contributed by atoms with Crippen molar-refractivity contribution in [3.63, 3.8) is 0 Å². The number of rotatable bonds is 1. The zero-order chi connectivity index (χ0) is 9.97. The Balaban J connectivity index is 2.63. The smallest absolute Gasteiger partial charge is 0.138 e. The number of nitriles is 1. The first-order valence-corrected chi connectivity index (χ1v) is 4.00. The molecule has 0 fully saturated rings. The van der Waals surface area contributed by atoms with Crippen molar-refractivity contribution in [1.82, 2.24) is 9.97 Å². The van der Waals surface area contributed by atoms with Gasteiger partial charge in [-0.2, -0.15) is 5.26 Å². The highest BCUT2D eigenvalue weighted by molar-refractivity contribution is 5.64. The number of halogens is 1. The quantitative estimate of drug-likeness (QED) is 0.743. The number of benzene rings is 1. The van der Waals surface area contributed by atoms with Crippen LogP contribution in [0.15, 0.2) is 30.6 Å². The largest absolute Gasteiger partial charge is 0.345 e. The number of nitrogens with zero attached hydrogens (tertiary/aromatic N) is 2. The van der Waals surface area contributed by atoms with Gasteiger partial charge >= 0.3 is 0 Å². The molecule has 0 radical (unpaired) electrons. The van der Waals surface area contributed by atoms with Crippen LogP contribution in [0.4, 0.5) is 4.39 Å². The Morgan fingerprint density at radius 2 is 2.29 bits per heavy atom. The highest BCUT2D eigenvalue weighted by atomic mass is 19.1. The Morgan fingerprint density at radius 3 is 2.93 bits per heavy atom. The summed E-state index contributed by atoms with van der Waals surface area (Å²) in [6.07, 6.45) is 3.18. The van der Waals surface area contributed by atoms with Crippen LogP contribution >= 0.6 is 0 Å². The molecule has 68 valence electrons. The van der Waals surface area contributed by atoms with E-state index in [0.29, 0.717) is 17.0 Å². The van der Waals surface area contributed by atoms with Gasteiger partial charge in [-0.25, -0.2) is 9.37 Å². The topological polar surface area (TPSA) is 52.5 Å². The number of aromatic amines is 1. The van der Waals surface area contributed by atoms with Crippen molar-refractivity contribution < 1.29 is 4.39 Å². The summed E-state index contributed by atoms with van der Waals surface area (Å²) in [4.78, 5) is 6.79. The van der Waals surface area contributed by atoms with Crippen molar-refractivity contribution in [1.29, 1.82) is 5.26 Å². The Bertz CT molecular complexity index is 483. The zero-order valence-electron chi connectivity index (χ0n) is 7.16. The van der Waals surface area contributed by atoms with E-state index in [1.807, 2.05) is 6.07 Å². The fourth-order valence-electron chi connectivity index (χ4n) is 1.22. The molecule has 0 bridgehead atoms. The lowest BCUT2D eigenvalue weighted by Gasteiger charge is -1.99. The average molecular weight is 187 g/mol. The summed E-state index contributed by atoms with van der Waals surface area (Å²) in [5.74, 6) is 0.122. The van der Waals surface area contributed by atoms with Gasteiger partial charge in [-0.05, 0) is 18.2 Å². The van der Waals surface area contributed by atoms with Crippen molar-refractivity contribution in [2.24, 2.45) is 0 Å². The molecule has 14 heavy (non-hydrogen) atoms. The van der Waals surface area contributed by atoms with Crippen molar-refractivity contribution in [2.45, 2.75) is 0 Å². The van der Waals surface area contributed by atoms with E-state index in [2.05, 4.69) is 9.97 Å². The van der Waals surface area contributed by atoms with Crippen LogP contribution in [0, 0.1) is 17.1 Å². The van der Waals surface area contributed by atoms with Crippen LogP contribution < -0.4 is 0 Å². The monoisotopic (exact) mass is 187 g/mol. The maximum Gasteiger partial charge on any atom is 0.138 e. The lowest BCUT2D eigenvalue weighted by Crippen LogP contribution is -1.87. The number of hydrogen-bond donors (Lipinski definition) is 1. The van der Waals surface area contributed by atoms with Crippen LogP contribution in [-0.2, 0) is 0 Å². The van der Waals surface area contributed by atoms with E-state index >= 15 is 0 Å². The van der Waals surface area contributed by atoms with E-state index in [1.54, 1.807) is 12.4 Å². The average Bonchev–Trinajstić information content (AvgIpc) is 2.70. The van der Waals surface area contributed by atoms with Crippen LogP contribution in [0.2, 0.25) is 0 Å². The van der Waals surface area contributed by atoms with Gasteiger partial charge in [0.2, 0.25) is 0 Å². The molecule has 0 aliphatic carbocycles. The number of nitrogens with one attached hydrogen (secondary N) is 1. The fourth-order valence-corrected chi connectivity index (χ4v) is 1.22. The Hall–Kier alpha value is -2.15. The van der Waals surface area contributed by atoms with Gasteiger partial charge in [-0.1, -0.05) is 0 Å². The predicted octanol–water partition coefficient (Wildman–Crippen LogP) is 2.09. The number of aromatic nitrogens is 2. The van der Waals surface area contributed by atoms with Gasteiger partial charge in [-0.3, -0.25) is 0 Å². The van der Waals surface area contributed by atoms with Crippen LogP contribution in [0.5, 0.6) is 0 Å². The molecule has 0 atom stereocenters. The molecule has 0 aliphatic heterocycles. The number of H-pyrrole nitrogens is 1. The van der Waals surface area contributed by atoms with Gasteiger partial charge < -0.3 is 4.98 Å². The maximum atomic E-state index is 12.9. The SMILES string of the molecule is N#Cc1ccc(F)cc1-c1ncc[nH]1. The fraction of sp³-hybridized carbons (Fsp3) is 0. The van der Waals surface area contributed by atoms with Gasteiger partial charge in [0.25, 0.3) is 0 Å². The third kappa shape index (κ3) is 1.36. The van der Waals surface area contributed by atoms with E-state index in [1.165, 1.54) is 18.2 Å². The predicted molar refractivity (Wildman–Crippen MR) is 48.7 cm³/mol. The molecular formula is C10H6FN3. The van der Waals surface area contributed by atoms with Gasteiger partial charge in [0.15, 0.2) is 0 Å². The van der Waals surface area contributed by atoms with Crippen molar-refractivity contribution >= 4 is 0 Å². The molecule has 1 aromatic carbocycles. The molecule has 0 aliphatic rings. The van der Waals surface area contributed by atoms with Crippen LogP contribution in [0.3, 0.4) is 0 Å². The molecule has 2 aromatic rings. The molecule has 0 saturated carbocycles. The lowest BCUT2D eigenvalue weighted by atomic mass is 10.1. The summed E-state index contributed by atoms with van der Waals surface area (Å²) in [6.45, 7) is 0.